The van der Waals surface area contributed by atoms with E-state index in [0.717, 1.165) is 28.0 Å². The van der Waals surface area contributed by atoms with Gasteiger partial charge in [-0.3, -0.25) is 0 Å². The summed E-state index contributed by atoms with van der Waals surface area (Å²) in [6.45, 7) is -0.193. The monoisotopic (exact) mass is 278 g/mol. The third-order valence-electron chi connectivity index (χ3n) is 2.82. The molecule has 2 rings (SSSR count). The molecule has 102 valence electrons. The normalized spacial score (nSPS) is 12.6. The number of nitrogens with one attached hydrogen (secondary N) is 1. The third-order valence-corrected chi connectivity index (χ3v) is 3.95. The molecule has 3 N–H and O–H groups in total. The molecule has 1 atom stereocenters. The Morgan fingerprint density at radius 2 is 2.16 bits per heavy atom. The van der Waals surface area contributed by atoms with Crippen molar-refractivity contribution in [2.24, 2.45) is 0 Å². The second-order valence-electron chi connectivity index (χ2n) is 4.29. The molecule has 0 aliphatic carbocycles. The number of aliphatic hydroxyl groups is 2. The summed E-state index contributed by atoms with van der Waals surface area (Å²) in [6, 6.07) is 10.1. The summed E-state index contributed by atoms with van der Waals surface area (Å²) in [6.07, 6.45) is -0.656. The van der Waals surface area contributed by atoms with Crippen LogP contribution in [0.5, 0.6) is 0 Å². The quantitative estimate of drug-likeness (QED) is 0.753. The maximum Gasteiger partial charge on any atom is 0.130 e. The Balaban J connectivity index is 2.16. The fourth-order valence-electron chi connectivity index (χ4n) is 1.84. The van der Waals surface area contributed by atoms with Crippen LogP contribution in [-0.2, 0) is 5.75 Å². The van der Waals surface area contributed by atoms with E-state index in [4.69, 9.17) is 5.11 Å². The molecular weight excluding hydrogens is 260 g/mol. The number of pyridine rings is 1. The smallest absolute Gasteiger partial charge is 0.130 e. The fraction of sp³-hybridized carbons (Fsp3) is 0.357. The maximum atomic E-state index is 9.33. The molecule has 0 spiro atoms. The van der Waals surface area contributed by atoms with Crippen LogP contribution < -0.4 is 5.32 Å². The molecule has 2 aromatic rings. The van der Waals surface area contributed by atoms with Gasteiger partial charge in [-0.2, -0.15) is 11.8 Å². The Kier molecular flexibility index (Phi) is 5.01. The Morgan fingerprint density at radius 3 is 2.89 bits per heavy atom. The van der Waals surface area contributed by atoms with Crippen LogP contribution in [-0.4, -0.2) is 40.7 Å². The van der Waals surface area contributed by atoms with E-state index in [-0.39, 0.29) is 6.61 Å². The van der Waals surface area contributed by atoms with Crippen molar-refractivity contribution < 1.29 is 10.2 Å². The highest BCUT2D eigenvalue weighted by atomic mass is 32.2. The van der Waals surface area contributed by atoms with Gasteiger partial charge in [0.05, 0.1) is 18.2 Å². The molecule has 0 aliphatic rings. The lowest BCUT2D eigenvalue weighted by molar-refractivity contribution is 0.113. The molecule has 0 saturated carbocycles. The first-order valence-electron chi connectivity index (χ1n) is 6.17. The molecule has 1 aromatic carbocycles. The van der Waals surface area contributed by atoms with E-state index in [2.05, 4.69) is 16.4 Å². The van der Waals surface area contributed by atoms with E-state index in [1.807, 2.05) is 31.3 Å². The van der Waals surface area contributed by atoms with Gasteiger partial charge in [0, 0.05) is 29.5 Å². The summed E-state index contributed by atoms with van der Waals surface area (Å²) in [5.74, 6) is 2.14. The lowest BCUT2D eigenvalue weighted by atomic mass is 10.1. The van der Waals surface area contributed by atoms with E-state index >= 15 is 0 Å². The molecule has 0 radical (unpaired) electrons. The number of nitrogens with zero attached hydrogens (tertiary/aromatic N) is 1. The second kappa shape index (κ2) is 6.75. The Labute approximate surface area is 116 Å². The van der Waals surface area contributed by atoms with E-state index in [1.54, 1.807) is 11.8 Å². The number of aliphatic hydroxyl groups excluding tert-OH is 2. The number of thioether (sulfide) groups is 1. The van der Waals surface area contributed by atoms with Gasteiger partial charge < -0.3 is 15.5 Å². The van der Waals surface area contributed by atoms with Crippen molar-refractivity contribution in [3.8, 4) is 0 Å². The zero-order valence-electron chi connectivity index (χ0n) is 10.8. The van der Waals surface area contributed by atoms with Crippen molar-refractivity contribution >= 4 is 28.5 Å². The molecule has 1 heterocycles. The van der Waals surface area contributed by atoms with Gasteiger partial charge in [-0.05, 0) is 12.1 Å². The summed E-state index contributed by atoms with van der Waals surface area (Å²) in [5, 5.41) is 22.3. The maximum absolute atomic E-state index is 9.33. The summed E-state index contributed by atoms with van der Waals surface area (Å²) in [4.78, 5) is 4.58. The van der Waals surface area contributed by atoms with E-state index in [1.165, 1.54) is 0 Å². The van der Waals surface area contributed by atoms with Crippen LogP contribution in [0.1, 0.15) is 5.56 Å². The number of anilines is 1. The lowest BCUT2D eigenvalue weighted by Gasteiger charge is -2.11. The van der Waals surface area contributed by atoms with Gasteiger partial charge in [0.15, 0.2) is 0 Å². The van der Waals surface area contributed by atoms with Crippen molar-refractivity contribution in [1.82, 2.24) is 4.98 Å². The Bertz CT molecular complexity index is 548. The van der Waals surface area contributed by atoms with Crippen LogP contribution in [0.25, 0.3) is 10.9 Å². The van der Waals surface area contributed by atoms with Gasteiger partial charge in [0.2, 0.25) is 0 Å². The summed E-state index contributed by atoms with van der Waals surface area (Å²) >= 11 is 1.59. The predicted octanol–water partition coefficient (Wildman–Crippen LogP) is 1.86. The van der Waals surface area contributed by atoms with Crippen LogP contribution in [0, 0.1) is 0 Å². The molecular formula is C14H18N2O2S. The van der Waals surface area contributed by atoms with Crippen LogP contribution >= 0.6 is 11.8 Å². The molecule has 4 nitrogen and oxygen atoms in total. The average Bonchev–Trinajstić information content (AvgIpc) is 2.46. The van der Waals surface area contributed by atoms with Crippen molar-refractivity contribution in [2.75, 3.05) is 24.7 Å². The van der Waals surface area contributed by atoms with Crippen LogP contribution in [0.3, 0.4) is 0 Å². The Morgan fingerprint density at radius 1 is 1.37 bits per heavy atom. The second-order valence-corrected chi connectivity index (χ2v) is 5.32. The highest BCUT2D eigenvalue weighted by Gasteiger charge is 2.07. The molecule has 1 unspecified atom stereocenters. The van der Waals surface area contributed by atoms with Gasteiger partial charge in [-0.25, -0.2) is 4.98 Å². The van der Waals surface area contributed by atoms with Crippen LogP contribution in [0.2, 0.25) is 0 Å². The van der Waals surface area contributed by atoms with E-state index in [0.29, 0.717) is 5.75 Å². The topological polar surface area (TPSA) is 65.4 Å². The number of hydrogen-bond acceptors (Lipinski definition) is 5. The number of aromatic nitrogens is 1. The van der Waals surface area contributed by atoms with Crippen molar-refractivity contribution in [2.45, 2.75) is 11.9 Å². The molecule has 5 heteroatoms. The number of fused-ring (bicyclic) bond motifs is 1. The third kappa shape index (κ3) is 3.59. The molecule has 1 aromatic heterocycles. The van der Waals surface area contributed by atoms with Gasteiger partial charge in [-0.1, -0.05) is 18.2 Å². The highest BCUT2D eigenvalue weighted by molar-refractivity contribution is 7.98. The minimum Gasteiger partial charge on any atom is -0.394 e. The van der Waals surface area contributed by atoms with E-state index in [9.17, 15) is 5.11 Å². The number of benzene rings is 1. The zero-order valence-corrected chi connectivity index (χ0v) is 11.7. The Hall–Kier alpha value is -1.30. The highest BCUT2D eigenvalue weighted by Crippen LogP contribution is 2.24. The molecule has 0 fully saturated rings. The fourth-order valence-corrected chi connectivity index (χ4v) is 2.78. The first-order chi connectivity index (χ1) is 9.24. The molecule has 0 bridgehead atoms. The minimum atomic E-state index is -0.656. The molecule has 0 aliphatic heterocycles. The SMILES string of the molecule is CNc1nc2ccccc2cc1CSCC(O)CO. The van der Waals surface area contributed by atoms with Crippen molar-refractivity contribution in [3.63, 3.8) is 0 Å². The molecule has 0 amide bonds. The standard InChI is InChI=1S/C14H18N2O2S/c1-15-14-11(8-19-9-12(18)7-17)6-10-4-2-3-5-13(10)16-14/h2-6,12,17-18H,7-9H2,1H3,(H,15,16). The zero-order chi connectivity index (χ0) is 13.7. The van der Waals surface area contributed by atoms with Crippen molar-refractivity contribution in [1.29, 1.82) is 0 Å². The van der Waals surface area contributed by atoms with Gasteiger partial charge >= 0.3 is 0 Å². The van der Waals surface area contributed by atoms with Gasteiger partial charge in [-0.15, -0.1) is 0 Å². The number of rotatable bonds is 6. The minimum absolute atomic E-state index is 0.193. The molecule has 19 heavy (non-hydrogen) atoms. The average molecular weight is 278 g/mol. The summed E-state index contributed by atoms with van der Waals surface area (Å²) in [7, 11) is 1.86. The first kappa shape index (κ1) is 14.1. The summed E-state index contributed by atoms with van der Waals surface area (Å²) < 4.78 is 0. The van der Waals surface area contributed by atoms with Crippen LogP contribution in [0.4, 0.5) is 5.82 Å². The first-order valence-corrected chi connectivity index (χ1v) is 7.33. The largest absolute Gasteiger partial charge is 0.394 e. The van der Waals surface area contributed by atoms with Crippen molar-refractivity contribution in [3.05, 3.63) is 35.9 Å². The van der Waals surface area contributed by atoms with Gasteiger partial charge in [0.1, 0.15) is 5.82 Å². The predicted molar refractivity (Wildman–Crippen MR) is 80.5 cm³/mol. The van der Waals surface area contributed by atoms with E-state index < -0.39 is 6.10 Å². The van der Waals surface area contributed by atoms with Crippen LogP contribution in [0.15, 0.2) is 30.3 Å². The number of hydrogen-bond donors (Lipinski definition) is 3. The summed E-state index contributed by atoms with van der Waals surface area (Å²) in [5.41, 5.74) is 2.08. The molecule has 0 saturated heterocycles. The lowest BCUT2D eigenvalue weighted by Crippen LogP contribution is -2.14. The van der Waals surface area contributed by atoms with Gasteiger partial charge in [0.25, 0.3) is 0 Å². The number of para-hydroxylation sites is 1.